The Balaban J connectivity index is 1.29. The lowest BCUT2D eigenvalue weighted by Crippen LogP contribution is -2.45. The predicted octanol–water partition coefficient (Wildman–Crippen LogP) is 4.36. The van der Waals surface area contributed by atoms with Crippen LogP contribution in [0.4, 0.5) is 0 Å². The molecule has 31 heavy (non-hydrogen) atoms. The Morgan fingerprint density at radius 2 is 1.61 bits per heavy atom. The van der Waals surface area contributed by atoms with E-state index in [1.807, 2.05) is 58.3 Å². The van der Waals surface area contributed by atoms with Gasteiger partial charge in [0.05, 0.1) is 5.39 Å². The molecule has 6 nitrogen and oxygen atoms in total. The van der Waals surface area contributed by atoms with Gasteiger partial charge < -0.3 is 14.3 Å². The molecule has 6 heteroatoms. The fourth-order valence-corrected chi connectivity index (χ4v) is 4.76. The zero-order valence-electron chi connectivity index (χ0n) is 17.6. The zero-order valence-corrected chi connectivity index (χ0v) is 17.6. The summed E-state index contributed by atoms with van der Waals surface area (Å²) in [6.07, 6.45) is 4.93. The van der Waals surface area contributed by atoms with E-state index in [0.717, 1.165) is 55.2 Å². The number of hydrogen-bond donors (Lipinski definition) is 0. The van der Waals surface area contributed by atoms with Crippen molar-refractivity contribution in [1.82, 2.24) is 15.0 Å². The Morgan fingerprint density at radius 1 is 0.871 bits per heavy atom. The number of hydrogen-bond acceptors (Lipinski definition) is 4. The van der Waals surface area contributed by atoms with E-state index in [4.69, 9.17) is 4.52 Å². The number of amides is 2. The largest absolute Gasteiger partial charge is 0.355 e. The van der Waals surface area contributed by atoms with Gasteiger partial charge in [-0.15, -0.1) is 0 Å². The lowest BCUT2D eigenvalue weighted by atomic mass is 9.94. The van der Waals surface area contributed by atoms with Gasteiger partial charge in [-0.05, 0) is 50.3 Å². The van der Waals surface area contributed by atoms with Crippen molar-refractivity contribution in [3.8, 4) is 11.3 Å². The van der Waals surface area contributed by atoms with Crippen LogP contribution < -0.4 is 0 Å². The standard InChI is InChI=1S/C25H27N3O3/c29-24(27-13-5-2-6-14-27)19-11-15-28(16-12-19)25(30)20-9-10-22-21(17-20)23(31-26-22)18-7-3-1-4-8-18/h1,3-4,7-10,17,19H,2,5-6,11-16H2. The van der Waals surface area contributed by atoms with Gasteiger partial charge in [-0.1, -0.05) is 35.5 Å². The molecule has 0 saturated carbocycles. The van der Waals surface area contributed by atoms with E-state index >= 15 is 0 Å². The van der Waals surface area contributed by atoms with Crippen LogP contribution in [0.3, 0.4) is 0 Å². The summed E-state index contributed by atoms with van der Waals surface area (Å²) in [6.45, 7) is 3.02. The van der Waals surface area contributed by atoms with Crippen LogP contribution in [0.5, 0.6) is 0 Å². The van der Waals surface area contributed by atoms with E-state index in [1.54, 1.807) is 0 Å². The van der Waals surface area contributed by atoms with E-state index in [9.17, 15) is 9.59 Å². The molecule has 0 atom stereocenters. The van der Waals surface area contributed by atoms with Crippen LogP contribution in [-0.4, -0.2) is 52.9 Å². The summed E-state index contributed by atoms with van der Waals surface area (Å²) in [7, 11) is 0. The lowest BCUT2D eigenvalue weighted by molar-refractivity contribution is -0.137. The minimum absolute atomic E-state index is 0.00554. The third-order valence-corrected chi connectivity index (χ3v) is 6.56. The van der Waals surface area contributed by atoms with E-state index in [-0.39, 0.29) is 17.7 Å². The number of fused-ring (bicyclic) bond motifs is 1. The molecule has 2 saturated heterocycles. The van der Waals surface area contributed by atoms with Gasteiger partial charge in [-0.25, -0.2) is 0 Å². The maximum Gasteiger partial charge on any atom is 0.253 e. The number of likely N-dealkylation sites (tertiary alicyclic amines) is 2. The molecule has 5 rings (SSSR count). The Labute approximate surface area is 181 Å². The van der Waals surface area contributed by atoms with Gasteiger partial charge in [0, 0.05) is 43.2 Å². The maximum atomic E-state index is 13.2. The maximum absolute atomic E-state index is 13.2. The molecule has 0 spiro atoms. The fraction of sp³-hybridized carbons (Fsp3) is 0.400. The Kier molecular flexibility index (Phi) is 5.45. The second-order valence-corrected chi connectivity index (χ2v) is 8.56. The third kappa shape index (κ3) is 3.94. The van der Waals surface area contributed by atoms with Crippen molar-refractivity contribution < 1.29 is 14.1 Å². The molecule has 0 aliphatic carbocycles. The summed E-state index contributed by atoms with van der Waals surface area (Å²) in [6, 6.07) is 15.3. The summed E-state index contributed by atoms with van der Waals surface area (Å²) in [5.41, 5.74) is 2.31. The minimum atomic E-state index is 0.00554. The van der Waals surface area contributed by atoms with E-state index < -0.39 is 0 Å². The monoisotopic (exact) mass is 417 g/mol. The van der Waals surface area contributed by atoms with Crippen molar-refractivity contribution >= 4 is 22.7 Å². The van der Waals surface area contributed by atoms with Gasteiger partial charge in [-0.2, -0.15) is 0 Å². The predicted molar refractivity (Wildman–Crippen MR) is 119 cm³/mol. The number of piperidine rings is 2. The number of carbonyl (C=O) groups excluding carboxylic acids is 2. The van der Waals surface area contributed by atoms with Crippen molar-refractivity contribution in [2.45, 2.75) is 32.1 Å². The molecule has 2 amide bonds. The summed E-state index contributed by atoms with van der Waals surface area (Å²) in [5, 5.41) is 4.98. The van der Waals surface area contributed by atoms with Crippen molar-refractivity contribution in [2.75, 3.05) is 26.2 Å². The third-order valence-electron chi connectivity index (χ3n) is 6.56. The first-order valence-electron chi connectivity index (χ1n) is 11.2. The number of carbonyl (C=O) groups is 2. The fourth-order valence-electron chi connectivity index (χ4n) is 4.76. The second-order valence-electron chi connectivity index (χ2n) is 8.56. The molecule has 1 aromatic heterocycles. The Bertz CT molecular complexity index is 1080. The molecule has 0 unspecified atom stereocenters. The topological polar surface area (TPSA) is 66.7 Å². The van der Waals surface area contributed by atoms with Crippen molar-refractivity contribution in [3.63, 3.8) is 0 Å². The quantitative estimate of drug-likeness (QED) is 0.635. The summed E-state index contributed by atoms with van der Waals surface area (Å²) >= 11 is 0. The molecule has 160 valence electrons. The number of nitrogens with zero attached hydrogens (tertiary/aromatic N) is 3. The molecule has 3 heterocycles. The van der Waals surface area contributed by atoms with Gasteiger partial charge in [0.15, 0.2) is 5.76 Å². The van der Waals surface area contributed by atoms with Gasteiger partial charge in [0.25, 0.3) is 5.91 Å². The molecule has 2 aromatic carbocycles. The Hall–Kier alpha value is -3.15. The molecule has 3 aromatic rings. The van der Waals surface area contributed by atoms with E-state index in [1.165, 1.54) is 6.42 Å². The van der Waals surface area contributed by atoms with Crippen LogP contribution in [0.25, 0.3) is 22.2 Å². The highest BCUT2D eigenvalue weighted by Crippen LogP contribution is 2.30. The molecule has 0 bridgehead atoms. The SMILES string of the molecule is O=C(c1ccc2noc(-c3ccccc3)c2c1)N1CCC(C(=O)N2CCCCC2)CC1. The van der Waals surface area contributed by atoms with Crippen LogP contribution >= 0.6 is 0 Å². The lowest BCUT2D eigenvalue weighted by Gasteiger charge is -2.35. The Morgan fingerprint density at radius 3 is 2.35 bits per heavy atom. The molecule has 2 aliphatic heterocycles. The first-order chi connectivity index (χ1) is 15.2. The average molecular weight is 418 g/mol. The van der Waals surface area contributed by atoms with Gasteiger partial charge in [0.1, 0.15) is 5.52 Å². The molecule has 0 N–H and O–H groups in total. The highest BCUT2D eigenvalue weighted by Gasteiger charge is 2.31. The molecular formula is C25H27N3O3. The first kappa shape index (κ1) is 19.8. The number of benzene rings is 2. The van der Waals surface area contributed by atoms with Crippen LogP contribution in [0, 0.1) is 5.92 Å². The van der Waals surface area contributed by atoms with Gasteiger partial charge in [0.2, 0.25) is 5.91 Å². The van der Waals surface area contributed by atoms with Crippen molar-refractivity contribution in [2.24, 2.45) is 5.92 Å². The van der Waals surface area contributed by atoms with E-state index in [0.29, 0.717) is 24.4 Å². The molecule has 0 radical (unpaired) electrons. The van der Waals surface area contributed by atoms with E-state index in [2.05, 4.69) is 5.16 Å². The molecule has 2 fully saturated rings. The summed E-state index contributed by atoms with van der Waals surface area (Å²) in [4.78, 5) is 29.9. The van der Waals surface area contributed by atoms with Crippen molar-refractivity contribution in [1.29, 1.82) is 0 Å². The number of aromatic nitrogens is 1. The summed E-state index contributed by atoms with van der Waals surface area (Å²) < 4.78 is 5.56. The van der Waals surface area contributed by atoms with Crippen LogP contribution in [0.2, 0.25) is 0 Å². The highest BCUT2D eigenvalue weighted by atomic mass is 16.5. The van der Waals surface area contributed by atoms with Crippen molar-refractivity contribution in [3.05, 3.63) is 54.1 Å². The first-order valence-corrected chi connectivity index (χ1v) is 11.2. The van der Waals surface area contributed by atoms with Crippen LogP contribution in [0.15, 0.2) is 53.1 Å². The smallest absolute Gasteiger partial charge is 0.253 e. The molecular weight excluding hydrogens is 390 g/mol. The van der Waals surface area contributed by atoms with Gasteiger partial charge in [-0.3, -0.25) is 9.59 Å². The van der Waals surface area contributed by atoms with Crippen LogP contribution in [0.1, 0.15) is 42.5 Å². The second kappa shape index (κ2) is 8.53. The zero-order chi connectivity index (χ0) is 21.2. The normalized spacial score (nSPS) is 17.8. The van der Waals surface area contributed by atoms with Crippen LogP contribution in [-0.2, 0) is 4.79 Å². The highest BCUT2D eigenvalue weighted by molar-refractivity contribution is 6.01. The van der Waals surface area contributed by atoms with Gasteiger partial charge >= 0.3 is 0 Å². The summed E-state index contributed by atoms with van der Waals surface area (Å²) in [5.74, 6) is 1.01. The number of rotatable bonds is 3. The average Bonchev–Trinajstić information content (AvgIpc) is 3.27. The molecule has 2 aliphatic rings. The minimum Gasteiger partial charge on any atom is -0.355 e.